The minimum atomic E-state index is 0.847. The molecular weight excluding hydrogens is 242 g/mol. The zero-order valence-corrected chi connectivity index (χ0v) is 12.0. The number of aryl methyl sites for hydroxylation is 1. The number of anilines is 1. The molecule has 0 aliphatic carbocycles. The Kier molecular flexibility index (Phi) is 4.55. The predicted octanol–water partition coefficient (Wildman–Crippen LogP) is 2.33. The Balaban J connectivity index is 1.91. The number of hydrogen-bond donors (Lipinski definition) is 1. The third kappa shape index (κ3) is 3.21. The predicted molar refractivity (Wildman–Crippen MR) is 81.1 cm³/mol. The zero-order chi connectivity index (χ0) is 13.0. The smallest absolute Gasteiger partial charge is 0.173 e. The molecule has 0 radical (unpaired) electrons. The first-order chi connectivity index (χ1) is 8.70. The van der Waals surface area contributed by atoms with Gasteiger partial charge in [-0.3, -0.25) is 0 Å². The Bertz CT molecular complexity index is 411. The second kappa shape index (κ2) is 6.16. The SMILES string of the molecule is CCN1CCN(C(=S)Nc2ccccc2C)CC1. The Morgan fingerprint density at radius 1 is 1.22 bits per heavy atom. The summed E-state index contributed by atoms with van der Waals surface area (Å²) in [6, 6.07) is 8.25. The summed E-state index contributed by atoms with van der Waals surface area (Å²) in [5.74, 6) is 0. The van der Waals surface area contributed by atoms with E-state index in [0.29, 0.717) is 0 Å². The van der Waals surface area contributed by atoms with Gasteiger partial charge >= 0.3 is 0 Å². The van der Waals surface area contributed by atoms with Gasteiger partial charge in [-0.05, 0) is 37.3 Å². The van der Waals surface area contributed by atoms with Gasteiger partial charge in [-0.25, -0.2) is 0 Å². The van der Waals surface area contributed by atoms with Gasteiger partial charge < -0.3 is 15.1 Å². The van der Waals surface area contributed by atoms with Crippen LogP contribution >= 0.6 is 12.2 Å². The van der Waals surface area contributed by atoms with E-state index in [2.05, 4.69) is 41.1 Å². The first-order valence-electron chi connectivity index (χ1n) is 6.54. The van der Waals surface area contributed by atoms with Crippen LogP contribution < -0.4 is 5.32 Å². The first kappa shape index (κ1) is 13.3. The lowest BCUT2D eigenvalue weighted by atomic mass is 10.2. The normalized spacial score (nSPS) is 16.7. The molecule has 1 aromatic carbocycles. The molecule has 0 saturated carbocycles. The van der Waals surface area contributed by atoms with Crippen molar-refractivity contribution in [3.8, 4) is 0 Å². The Hall–Kier alpha value is -1.13. The van der Waals surface area contributed by atoms with Crippen molar-refractivity contribution in [1.82, 2.24) is 9.80 Å². The number of likely N-dealkylation sites (N-methyl/N-ethyl adjacent to an activating group) is 1. The molecular formula is C14H21N3S. The fraction of sp³-hybridized carbons (Fsp3) is 0.500. The van der Waals surface area contributed by atoms with Gasteiger partial charge in [0, 0.05) is 31.9 Å². The van der Waals surface area contributed by atoms with Crippen LogP contribution in [0.3, 0.4) is 0 Å². The number of nitrogens with zero attached hydrogens (tertiary/aromatic N) is 2. The zero-order valence-electron chi connectivity index (χ0n) is 11.1. The number of benzene rings is 1. The van der Waals surface area contributed by atoms with Gasteiger partial charge in [0.1, 0.15) is 0 Å². The molecule has 3 nitrogen and oxygen atoms in total. The molecule has 1 aromatic rings. The largest absolute Gasteiger partial charge is 0.346 e. The highest BCUT2D eigenvalue weighted by Crippen LogP contribution is 2.14. The summed E-state index contributed by atoms with van der Waals surface area (Å²) in [4.78, 5) is 4.71. The van der Waals surface area contributed by atoms with E-state index in [0.717, 1.165) is 43.5 Å². The highest BCUT2D eigenvalue weighted by molar-refractivity contribution is 7.80. The van der Waals surface area contributed by atoms with Crippen LogP contribution in [0.15, 0.2) is 24.3 Å². The third-order valence-corrected chi connectivity index (χ3v) is 3.85. The van der Waals surface area contributed by atoms with E-state index in [4.69, 9.17) is 12.2 Å². The first-order valence-corrected chi connectivity index (χ1v) is 6.95. The van der Waals surface area contributed by atoms with Crippen molar-refractivity contribution in [3.05, 3.63) is 29.8 Å². The number of rotatable bonds is 2. The van der Waals surface area contributed by atoms with Crippen molar-refractivity contribution in [1.29, 1.82) is 0 Å². The number of para-hydroxylation sites is 1. The Morgan fingerprint density at radius 2 is 1.89 bits per heavy atom. The van der Waals surface area contributed by atoms with Gasteiger partial charge in [-0.1, -0.05) is 25.1 Å². The standard InChI is InChI=1S/C14H21N3S/c1-3-16-8-10-17(11-9-16)14(18)15-13-7-5-4-6-12(13)2/h4-7H,3,8-11H2,1-2H3,(H,15,18). The quantitative estimate of drug-likeness (QED) is 0.825. The van der Waals surface area contributed by atoms with Crippen LogP contribution in [0.25, 0.3) is 0 Å². The molecule has 0 bridgehead atoms. The second-order valence-corrected chi connectivity index (χ2v) is 5.05. The molecule has 0 aromatic heterocycles. The van der Waals surface area contributed by atoms with E-state index in [1.165, 1.54) is 5.56 Å². The van der Waals surface area contributed by atoms with Crippen molar-refractivity contribution >= 4 is 23.0 Å². The summed E-state index contributed by atoms with van der Waals surface area (Å²) in [5.41, 5.74) is 2.34. The monoisotopic (exact) mass is 263 g/mol. The summed E-state index contributed by atoms with van der Waals surface area (Å²) >= 11 is 5.49. The lowest BCUT2D eigenvalue weighted by Gasteiger charge is -2.35. The van der Waals surface area contributed by atoms with Crippen LogP contribution in [-0.4, -0.2) is 47.6 Å². The van der Waals surface area contributed by atoms with E-state index in [1.54, 1.807) is 0 Å². The van der Waals surface area contributed by atoms with Crippen molar-refractivity contribution in [3.63, 3.8) is 0 Å². The molecule has 1 fully saturated rings. The van der Waals surface area contributed by atoms with Gasteiger partial charge in [0.05, 0.1) is 0 Å². The molecule has 0 spiro atoms. The molecule has 4 heteroatoms. The maximum absolute atomic E-state index is 5.49. The van der Waals surface area contributed by atoms with E-state index < -0.39 is 0 Å². The molecule has 18 heavy (non-hydrogen) atoms. The fourth-order valence-corrected chi connectivity index (χ4v) is 2.47. The topological polar surface area (TPSA) is 18.5 Å². The van der Waals surface area contributed by atoms with Crippen molar-refractivity contribution in [2.45, 2.75) is 13.8 Å². The van der Waals surface area contributed by atoms with Gasteiger partial charge in [0.2, 0.25) is 0 Å². The molecule has 0 unspecified atom stereocenters. The third-order valence-electron chi connectivity index (χ3n) is 3.49. The second-order valence-electron chi connectivity index (χ2n) is 4.67. The summed E-state index contributed by atoms with van der Waals surface area (Å²) in [6.07, 6.45) is 0. The molecule has 0 amide bonds. The Labute approximate surface area is 115 Å². The molecule has 1 N–H and O–H groups in total. The van der Waals surface area contributed by atoms with Gasteiger partial charge in [0.25, 0.3) is 0 Å². The number of thiocarbonyl (C=S) groups is 1. The molecule has 0 atom stereocenters. The minimum absolute atomic E-state index is 0.847. The van der Waals surface area contributed by atoms with Crippen LogP contribution in [-0.2, 0) is 0 Å². The van der Waals surface area contributed by atoms with E-state index in [1.807, 2.05) is 12.1 Å². The highest BCUT2D eigenvalue weighted by Gasteiger charge is 2.17. The van der Waals surface area contributed by atoms with Crippen LogP contribution in [0.5, 0.6) is 0 Å². The lowest BCUT2D eigenvalue weighted by molar-refractivity contribution is 0.191. The summed E-state index contributed by atoms with van der Waals surface area (Å²) in [5, 5.41) is 4.20. The lowest BCUT2D eigenvalue weighted by Crippen LogP contribution is -2.49. The van der Waals surface area contributed by atoms with Gasteiger partial charge in [-0.2, -0.15) is 0 Å². The number of piperazine rings is 1. The van der Waals surface area contributed by atoms with E-state index in [9.17, 15) is 0 Å². The minimum Gasteiger partial charge on any atom is -0.346 e. The molecule has 1 aliphatic rings. The van der Waals surface area contributed by atoms with Crippen molar-refractivity contribution in [2.75, 3.05) is 38.0 Å². The average molecular weight is 263 g/mol. The van der Waals surface area contributed by atoms with Gasteiger partial charge in [-0.15, -0.1) is 0 Å². The average Bonchev–Trinajstić information content (AvgIpc) is 2.41. The maximum atomic E-state index is 5.49. The van der Waals surface area contributed by atoms with Gasteiger partial charge in [0.15, 0.2) is 5.11 Å². The van der Waals surface area contributed by atoms with Crippen LogP contribution in [0.4, 0.5) is 5.69 Å². The molecule has 1 saturated heterocycles. The molecule has 1 aliphatic heterocycles. The fourth-order valence-electron chi connectivity index (χ4n) is 2.17. The molecule has 1 heterocycles. The van der Waals surface area contributed by atoms with Crippen LogP contribution in [0.1, 0.15) is 12.5 Å². The van der Waals surface area contributed by atoms with Crippen LogP contribution in [0, 0.1) is 6.92 Å². The van der Waals surface area contributed by atoms with Crippen LogP contribution in [0.2, 0.25) is 0 Å². The summed E-state index contributed by atoms with van der Waals surface area (Å²) in [6.45, 7) is 9.68. The summed E-state index contributed by atoms with van der Waals surface area (Å²) in [7, 11) is 0. The number of nitrogens with one attached hydrogen (secondary N) is 1. The maximum Gasteiger partial charge on any atom is 0.173 e. The summed E-state index contributed by atoms with van der Waals surface area (Å²) < 4.78 is 0. The number of hydrogen-bond acceptors (Lipinski definition) is 2. The van der Waals surface area contributed by atoms with Crippen molar-refractivity contribution in [2.24, 2.45) is 0 Å². The molecule has 2 rings (SSSR count). The highest BCUT2D eigenvalue weighted by atomic mass is 32.1. The van der Waals surface area contributed by atoms with E-state index in [-0.39, 0.29) is 0 Å². The molecule has 98 valence electrons. The van der Waals surface area contributed by atoms with E-state index >= 15 is 0 Å². The Morgan fingerprint density at radius 3 is 2.50 bits per heavy atom. The van der Waals surface area contributed by atoms with Crippen molar-refractivity contribution < 1.29 is 0 Å².